The minimum absolute atomic E-state index is 0.0565. The van der Waals surface area contributed by atoms with Crippen molar-refractivity contribution in [3.05, 3.63) is 89.5 Å². The summed E-state index contributed by atoms with van der Waals surface area (Å²) in [6.45, 7) is 6.09. The Morgan fingerprint density at radius 3 is 2.64 bits per heavy atom. The third-order valence-electron chi connectivity index (χ3n) is 8.63. The molecule has 1 saturated carbocycles. The number of hydrogen-bond acceptors (Lipinski definition) is 2. The van der Waals surface area contributed by atoms with Crippen LogP contribution < -0.4 is 5.32 Å². The zero-order valence-electron chi connectivity index (χ0n) is 19.2. The summed E-state index contributed by atoms with van der Waals surface area (Å²) < 4.78 is 0. The number of amides is 3. The monoisotopic (exact) mass is 436 g/mol. The van der Waals surface area contributed by atoms with E-state index in [4.69, 9.17) is 0 Å². The van der Waals surface area contributed by atoms with Crippen molar-refractivity contribution in [1.82, 2.24) is 10.2 Å². The topological polar surface area (TPSA) is 49.4 Å². The molecule has 1 saturated heterocycles. The average Bonchev–Trinajstić information content (AvgIpc) is 2.93. The zero-order valence-corrected chi connectivity index (χ0v) is 19.2. The van der Waals surface area contributed by atoms with Crippen molar-refractivity contribution in [2.24, 2.45) is 11.3 Å². The van der Waals surface area contributed by atoms with Crippen LogP contribution in [0.25, 0.3) is 16.8 Å². The molecule has 4 heteroatoms. The molecule has 2 aliphatic carbocycles. The number of hydrogen-bond donors (Lipinski definition) is 1. The maximum Gasteiger partial charge on any atom is 0.324 e. The second-order valence-electron chi connectivity index (χ2n) is 10.0. The number of carbonyl (C=O) groups excluding carboxylic acids is 2. The quantitative estimate of drug-likeness (QED) is 0.549. The molecule has 0 aromatic heterocycles. The lowest BCUT2D eigenvalue weighted by Crippen LogP contribution is -2.63. The lowest BCUT2D eigenvalue weighted by Gasteiger charge is -2.60. The first-order chi connectivity index (χ1) is 15.9. The minimum Gasteiger partial charge on any atom is -0.331 e. The summed E-state index contributed by atoms with van der Waals surface area (Å²) in [6.07, 6.45) is 5.20. The Morgan fingerprint density at radius 2 is 1.79 bits per heavy atom. The van der Waals surface area contributed by atoms with Crippen molar-refractivity contribution < 1.29 is 9.59 Å². The molecule has 5 atom stereocenters. The molecular formula is C29H28N2O2. The normalized spacial score (nSPS) is 30.3. The number of carbonyl (C=O) groups is 2. The molecule has 1 spiro atoms. The number of fused-ring (bicyclic) bond motifs is 2. The molecule has 3 aromatic carbocycles. The first kappa shape index (κ1) is 20.2. The number of urea groups is 1. The maximum atomic E-state index is 13.8. The molecule has 3 aliphatic rings. The van der Waals surface area contributed by atoms with E-state index >= 15 is 0 Å². The number of nitrogens with zero attached hydrogens (tertiary/aromatic N) is 1. The van der Waals surface area contributed by atoms with Gasteiger partial charge < -0.3 is 5.32 Å². The van der Waals surface area contributed by atoms with E-state index in [-0.39, 0.29) is 35.4 Å². The van der Waals surface area contributed by atoms with Crippen LogP contribution in [0.15, 0.2) is 72.8 Å². The second kappa shape index (κ2) is 6.80. The SMILES string of the molecule is C[C@H](NC(=O)N1C(=O)[C@]2(C)C[C@H]3C=Cc4ccccc4[C@]32[C@@H]1C)c1cccc2ccccc12. The van der Waals surface area contributed by atoms with Crippen molar-refractivity contribution in [3.63, 3.8) is 0 Å². The fraction of sp³-hybridized carbons (Fsp3) is 0.310. The Bertz CT molecular complexity index is 1340. The van der Waals surface area contributed by atoms with Gasteiger partial charge in [0.15, 0.2) is 0 Å². The number of likely N-dealkylation sites (tertiary alicyclic amines) is 1. The summed E-state index contributed by atoms with van der Waals surface area (Å²) in [7, 11) is 0. The molecule has 3 amide bonds. The Kier molecular flexibility index (Phi) is 4.17. The summed E-state index contributed by atoms with van der Waals surface area (Å²) >= 11 is 0. The van der Waals surface area contributed by atoms with E-state index in [9.17, 15) is 9.59 Å². The molecule has 0 unspecified atom stereocenters. The van der Waals surface area contributed by atoms with Crippen molar-refractivity contribution in [2.45, 2.75) is 44.7 Å². The highest BCUT2D eigenvalue weighted by Gasteiger charge is 2.76. The highest BCUT2D eigenvalue weighted by Crippen LogP contribution is 2.70. The second-order valence-corrected chi connectivity index (χ2v) is 10.0. The van der Waals surface area contributed by atoms with Gasteiger partial charge in [-0.3, -0.25) is 9.69 Å². The Labute approximate surface area is 194 Å². The maximum absolute atomic E-state index is 13.8. The molecule has 0 radical (unpaired) electrons. The van der Waals surface area contributed by atoms with E-state index in [0.29, 0.717) is 0 Å². The molecule has 2 fully saturated rings. The van der Waals surface area contributed by atoms with Crippen LogP contribution in [-0.4, -0.2) is 22.9 Å². The Morgan fingerprint density at radius 1 is 1.06 bits per heavy atom. The number of benzene rings is 3. The van der Waals surface area contributed by atoms with Crippen molar-refractivity contribution in [2.75, 3.05) is 0 Å². The molecule has 166 valence electrons. The summed E-state index contributed by atoms with van der Waals surface area (Å²) in [5.74, 6) is 0.212. The molecular weight excluding hydrogens is 408 g/mol. The highest BCUT2D eigenvalue weighted by atomic mass is 16.2. The van der Waals surface area contributed by atoms with E-state index in [1.165, 1.54) is 10.5 Å². The fourth-order valence-electron chi connectivity index (χ4n) is 7.14. The number of nitrogens with one attached hydrogen (secondary N) is 1. The summed E-state index contributed by atoms with van der Waals surface area (Å²) in [5, 5.41) is 5.40. The molecule has 1 aliphatic heterocycles. The highest BCUT2D eigenvalue weighted by molar-refractivity contribution is 6.03. The molecule has 4 nitrogen and oxygen atoms in total. The first-order valence-corrected chi connectivity index (χ1v) is 11.8. The summed E-state index contributed by atoms with van der Waals surface area (Å²) in [4.78, 5) is 28.9. The summed E-state index contributed by atoms with van der Waals surface area (Å²) in [5.41, 5.74) is 2.47. The largest absolute Gasteiger partial charge is 0.331 e. The first-order valence-electron chi connectivity index (χ1n) is 11.8. The molecule has 3 aromatic rings. The molecule has 0 bridgehead atoms. The van der Waals surface area contributed by atoms with Crippen molar-refractivity contribution in [1.29, 1.82) is 0 Å². The van der Waals surface area contributed by atoms with E-state index in [1.54, 1.807) is 0 Å². The Hall–Kier alpha value is -3.40. The number of allylic oxidation sites excluding steroid dienone is 1. The molecule has 1 heterocycles. The van der Waals surface area contributed by atoms with Gasteiger partial charge in [0.25, 0.3) is 0 Å². The van der Waals surface area contributed by atoms with E-state index in [2.05, 4.69) is 54.7 Å². The average molecular weight is 437 g/mol. The van der Waals surface area contributed by atoms with Gasteiger partial charge in [0.05, 0.1) is 11.5 Å². The number of rotatable bonds is 2. The van der Waals surface area contributed by atoms with Crippen molar-refractivity contribution >= 4 is 28.8 Å². The van der Waals surface area contributed by atoms with Crippen LogP contribution in [0.4, 0.5) is 4.79 Å². The standard InChI is InChI=1S/C29H28N2O2/c1-18(23-13-8-11-20-9-4-6-12-24(20)23)30-27(33)31-19(2)29-22(17-28(29,3)26(31)32)16-15-21-10-5-7-14-25(21)29/h4-16,18-19,22H,17H2,1-3H3,(H,30,33)/t18-,19-,22+,28-,29-/m0/s1. The molecule has 1 N–H and O–H groups in total. The minimum atomic E-state index is -0.571. The van der Waals surface area contributed by atoms with Crippen LogP contribution >= 0.6 is 0 Å². The summed E-state index contributed by atoms with van der Waals surface area (Å²) in [6, 6.07) is 21.9. The van der Waals surface area contributed by atoms with Gasteiger partial charge in [0, 0.05) is 11.5 Å². The lowest BCUT2D eigenvalue weighted by atomic mass is 9.40. The van der Waals surface area contributed by atoms with Crippen LogP contribution in [0.1, 0.15) is 49.9 Å². The van der Waals surface area contributed by atoms with Gasteiger partial charge in [-0.2, -0.15) is 0 Å². The third kappa shape index (κ3) is 2.41. The predicted octanol–water partition coefficient (Wildman–Crippen LogP) is 5.83. The van der Waals surface area contributed by atoms with Gasteiger partial charge >= 0.3 is 6.03 Å². The van der Waals surface area contributed by atoms with Crippen LogP contribution in [0.3, 0.4) is 0 Å². The molecule has 6 rings (SSSR count). The van der Waals surface area contributed by atoms with Gasteiger partial charge in [0.2, 0.25) is 5.91 Å². The van der Waals surface area contributed by atoms with Gasteiger partial charge in [-0.25, -0.2) is 4.79 Å². The van der Waals surface area contributed by atoms with Crippen LogP contribution in [0, 0.1) is 11.3 Å². The third-order valence-corrected chi connectivity index (χ3v) is 8.63. The van der Waals surface area contributed by atoms with Crippen LogP contribution in [0.2, 0.25) is 0 Å². The zero-order chi connectivity index (χ0) is 23.0. The van der Waals surface area contributed by atoms with Crippen LogP contribution in [-0.2, 0) is 10.2 Å². The molecule has 33 heavy (non-hydrogen) atoms. The van der Waals surface area contributed by atoms with Crippen LogP contribution in [0.5, 0.6) is 0 Å². The smallest absolute Gasteiger partial charge is 0.324 e. The van der Waals surface area contributed by atoms with E-state index in [0.717, 1.165) is 28.3 Å². The van der Waals surface area contributed by atoms with Gasteiger partial charge in [-0.05, 0) is 60.6 Å². The van der Waals surface area contributed by atoms with Gasteiger partial charge in [0.1, 0.15) is 0 Å². The number of imide groups is 1. The van der Waals surface area contributed by atoms with Crippen molar-refractivity contribution in [3.8, 4) is 0 Å². The lowest BCUT2D eigenvalue weighted by molar-refractivity contribution is -0.141. The van der Waals surface area contributed by atoms with E-state index in [1.807, 2.05) is 50.2 Å². The van der Waals surface area contributed by atoms with Gasteiger partial charge in [-0.15, -0.1) is 0 Å². The fourth-order valence-corrected chi connectivity index (χ4v) is 7.14. The van der Waals surface area contributed by atoms with E-state index < -0.39 is 5.41 Å². The predicted molar refractivity (Wildman–Crippen MR) is 131 cm³/mol. The van der Waals surface area contributed by atoms with Gasteiger partial charge in [-0.1, -0.05) is 78.9 Å². The Balaban J connectivity index is 1.35.